The molecule has 0 spiro atoms. The lowest BCUT2D eigenvalue weighted by Gasteiger charge is -2.35. The topological polar surface area (TPSA) is 90.2 Å². The molecule has 150 valence electrons. The maximum atomic E-state index is 13.2. The van der Waals surface area contributed by atoms with E-state index in [4.69, 9.17) is 4.74 Å². The fourth-order valence-electron chi connectivity index (χ4n) is 3.50. The van der Waals surface area contributed by atoms with Crippen molar-refractivity contribution in [2.75, 3.05) is 13.7 Å². The summed E-state index contributed by atoms with van der Waals surface area (Å²) in [5.41, 5.74) is 1.12. The normalized spacial score (nSPS) is 15.9. The zero-order valence-electron chi connectivity index (χ0n) is 16.0. The highest BCUT2D eigenvalue weighted by Gasteiger charge is 2.36. The first-order valence-corrected chi connectivity index (χ1v) is 9.74. The number of halogens is 1. The van der Waals surface area contributed by atoms with Crippen molar-refractivity contribution in [3.8, 4) is 10.8 Å². The molecule has 0 aliphatic carbocycles. The second kappa shape index (κ2) is 7.36. The number of ether oxygens (including phenoxy) is 1. The van der Waals surface area contributed by atoms with Gasteiger partial charge in [-0.2, -0.15) is 4.37 Å². The fourth-order valence-corrected chi connectivity index (χ4v) is 4.17. The summed E-state index contributed by atoms with van der Waals surface area (Å²) in [6, 6.07) is 4.97. The van der Waals surface area contributed by atoms with Crippen molar-refractivity contribution in [3.05, 3.63) is 52.9 Å². The minimum Gasteiger partial charge on any atom is -0.464 e. The predicted molar refractivity (Wildman–Crippen MR) is 103 cm³/mol. The van der Waals surface area contributed by atoms with Gasteiger partial charge in [-0.25, -0.2) is 19.2 Å². The number of methoxy groups -OCH3 is 1. The molecule has 1 amide bonds. The lowest BCUT2D eigenvalue weighted by atomic mass is 10.1. The van der Waals surface area contributed by atoms with Crippen LogP contribution in [0.25, 0.3) is 10.8 Å². The maximum Gasteiger partial charge on any atom is 0.358 e. The predicted octanol–water partition coefficient (Wildman–Crippen LogP) is 2.85. The number of fused-ring (bicyclic) bond motifs is 1. The van der Waals surface area contributed by atoms with E-state index in [0.29, 0.717) is 41.0 Å². The van der Waals surface area contributed by atoms with Gasteiger partial charge in [-0.3, -0.25) is 4.79 Å². The first-order chi connectivity index (χ1) is 13.9. The van der Waals surface area contributed by atoms with Crippen LogP contribution in [0.1, 0.15) is 45.3 Å². The van der Waals surface area contributed by atoms with Crippen molar-refractivity contribution < 1.29 is 18.7 Å². The molecule has 3 heterocycles. The molecule has 0 radical (unpaired) electrons. The Hall–Kier alpha value is -3.14. The zero-order valence-corrected chi connectivity index (χ0v) is 16.9. The average Bonchev–Trinajstić information content (AvgIpc) is 3.32. The first-order valence-electron chi connectivity index (χ1n) is 8.96. The second-order valence-corrected chi connectivity index (χ2v) is 7.39. The number of esters is 1. The number of hydrogen-bond acceptors (Lipinski definition) is 7. The van der Waals surface area contributed by atoms with Gasteiger partial charge in [0.2, 0.25) is 0 Å². The molecule has 1 aliphatic heterocycles. The van der Waals surface area contributed by atoms with Crippen LogP contribution in [0, 0.1) is 12.7 Å². The van der Waals surface area contributed by atoms with Gasteiger partial charge in [0.1, 0.15) is 11.6 Å². The van der Waals surface area contributed by atoms with Gasteiger partial charge in [-0.05, 0) is 49.6 Å². The molecule has 0 bridgehead atoms. The van der Waals surface area contributed by atoms with Crippen LogP contribution in [0.5, 0.6) is 0 Å². The van der Waals surface area contributed by atoms with Crippen LogP contribution in [-0.4, -0.2) is 49.3 Å². The van der Waals surface area contributed by atoms with Crippen LogP contribution in [0.4, 0.5) is 4.39 Å². The summed E-state index contributed by atoms with van der Waals surface area (Å²) in [5.74, 6) is -0.0693. The van der Waals surface area contributed by atoms with Gasteiger partial charge in [-0.1, -0.05) is 0 Å². The van der Waals surface area contributed by atoms with Gasteiger partial charge in [0.25, 0.3) is 5.91 Å². The largest absolute Gasteiger partial charge is 0.464 e. The molecular weight excluding hydrogens is 397 g/mol. The summed E-state index contributed by atoms with van der Waals surface area (Å²) in [6.07, 6.45) is 0. The molecule has 2 aromatic heterocycles. The third kappa shape index (κ3) is 3.29. The summed E-state index contributed by atoms with van der Waals surface area (Å²) in [4.78, 5) is 35.9. The van der Waals surface area contributed by atoms with Crippen molar-refractivity contribution in [2.24, 2.45) is 0 Å². The molecule has 4 rings (SSSR count). The van der Waals surface area contributed by atoms with Crippen LogP contribution >= 0.6 is 11.5 Å². The Bertz CT molecular complexity index is 1090. The second-order valence-electron chi connectivity index (χ2n) is 6.64. The van der Waals surface area contributed by atoms with Crippen LogP contribution in [0.2, 0.25) is 0 Å². The van der Waals surface area contributed by atoms with Gasteiger partial charge < -0.3 is 14.2 Å². The Balaban J connectivity index is 1.77. The average molecular weight is 415 g/mol. The van der Waals surface area contributed by atoms with Crippen molar-refractivity contribution >= 4 is 23.4 Å². The van der Waals surface area contributed by atoms with Crippen molar-refractivity contribution in [1.29, 1.82) is 0 Å². The number of imidazole rings is 1. The number of carbonyl (C=O) groups is 2. The standard InChI is InChI=1S/C19H18FN5O3S/c1-10-15-14(19(27)28-3)22-16(17-21-11(2)23-29-17)25(15)9-8-24(10)18(26)12-4-6-13(20)7-5-12/h4-7,10H,8-9H2,1-3H3/t10-/m1/s1. The molecule has 10 heteroatoms. The van der Waals surface area contributed by atoms with Gasteiger partial charge in [0.05, 0.1) is 18.8 Å². The smallest absolute Gasteiger partial charge is 0.358 e. The summed E-state index contributed by atoms with van der Waals surface area (Å²) in [7, 11) is 1.29. The van der Waals surface area contributed by atoms with Crippen molar-refractivity contribution in [3.63, 3.8) is 0 Å². The lowest BCUT2D eigenvalue weighted by Crippen LogP contribution is -2.41. The minimum absolute atomic E-state index is 0.152. The number of carbonyl (C=O) groups excluding carboxylic acids is 2. The van der Waals surface area contributed by atoms with E-state index in [0.717, 1.165) is 0 Å². The molecule has 0 N–H and O–H groups in total. The molecule has 0 saturated heterocycles. The molecule has 1 atom stereocenters. The molecule has 1 aliphatic rings. The fraction of sp³-hybridized carbons (Fsp3) is 0.316. The van der Waals surface area contributed by atoms with Crippen LogP contribution in [0.15, 0.2) is 24.3 Å². The number of benzene rings is 1. The van der Waals surface area contributed by atoms with E-state index in [-0.39, 0.29) is 11.6 Å². The summed E-state index contributed by atoms with van der Waals surface area (Å²) in [5, 5.41) is 0.601. The summed E-state index contributed by atoms with van der Waals surface area (Å²) in [6.45, 7) is 4.46. The number of nitrogens with zero attached hydrogens (tertiary/aromatic N) is 5. The minimum atomic E-state index is -0.579. The maximum absolute atomic E-state index is 13.2. The van der Waals surface area contributed by atoms with Crippen LogP contribution in [0.3, 0.4) is 0 Å². The molecular formula is C19H18FN5O3S. The van der Waals surface area contributed by atoms with E-state index < -0.39 is 17.8 Å². The quantitative estimate of drug-likeness (QED) is 0.611. The molecule has 8 nitrogen and oxygen atoms in total. The van der Waals surface area contributed by atoms with Gasteiger partial charge >= 0.3 is 5.97 Å². The molecule has 0 saturated carbocycles. The van der Waals surface area contributed by atoms with Gasteiger partial charge in [0.15, 0.2) is 16.5 Å². The Morgan fingerprint density at radius 2 is 1.93 bits per heavy atom. The molecule has 0 unspecified atom stereocenters. The molecule has 0 fully saturated rings. The Morgan fingerprint density at radius 3 is 2.55 bits per heavy atom. The molecule has 1 aromatic carbocycles. The van der Waals surface area contributed by atoms with E-state index in [1.807, 2.05) is 11.5 Å². The van der Waals surface area contributed by atoms with Crippen molar-refractivity contribution in [2.45, 2.75) is 26.4 Å². The number of amides is 1. The Morgan fingerprint density at radius 1 is 1.21 bits per heavy atom. The highest BCUT2D eigenvalue weighted by Crippen LogP contribution is 2.34. The lowest BCUT2D eigenvalue weighted by molar-refractivity contribution is 0.0567. The monoisotopic (exact) mass is 415 g/mol. The highest BCUT2D eigenvalue weighted by molar-refractivity contribution is 7.09. The highest BCUT2D eigenvalue weighted by atomic mass is 32.1. The van der Waals surface area contributed by atoms with Crippen molar-refractivity contribution in [1.82, 2.24) is 23.8 Å². The Kier molecular flexibility index (Phi) is 4.87. The van der Waals surface area contributed by atoms with Gasteiger partial charge in [0, 0.05) is 18.7 Å². The van der Waals surface area contributed by atoms with E-state index in [2.05, 4.69) is 14.3 Å². The third-order valence-electron chi connectivity index (χ3n) is 4.88. The van der Waals surface area contributed by atoms with E-state index in [9.17, 15) is 14.0 Å². The third-order valence-corrected chi connectivity index (χ3v) is 5.69. The number of aromatic nitrogens is 4. The summed E-state index contributed by atoms with van der Waals surface area (Å²) < 4.78 is 24.2. The van der Waals surface area contributed by atoms with E-state index >= 15 is 0 Å². The summed E-state index contributed by atoms with van der Waals surface area (Å²) >= 11 is 1.20. The number of hydrogen-bond donors (Lipinski definition) is 0. The number of aryl methyl sites for hydroxylation is 1. The van der Waals surface area contributed by atoms with Crippen LogP contribution in [-0.2, 0) is 11.3 Å². The molecule has 3 aromatic rings. The van der Waals surface area contributed by atoms with E-state index in [1.165, 1.54) is 42.9 Å². The van der Waals surface area contributed by atoms with E-state index in [1.54, 1.807) is 11.8 Å². The number of rotatable bonds is 3. The molecule has 29 heavy (non-hydrogen) atoms. The van der Waals surface area contributed by atoms with Crippen LogP contribution < -0.4 is 0 Å². The van der Waals surface area contributed by atoms with Gasteiger partial charge in [-0.15, -0.1) is 0 Å². The SMILES string of the molecule is COC(=O)c1nc(-c2nc(C)ns2)n2c1[C@@H](C)N(C(=O)c1ccc(F)cc1)CC2. The Labute approximate surface area is 170 Å². The first kappa shape index (κ1) is 19.2. The zero-order chi connectivity index (χ0) is 20.7.